The van der Waals surface area contributed by atoms with Gasteiger partial charge in [0.15, 0.2) is 5.78 Å². The molecule has 0 amide bonds. The van der Waals surface area contributed by atoms with Gasteiger partial charge in [0.25, 0.3) is 0 Å². The Morgan fingerprint density at radius 3 is 2.47 bits per heavy atom. The Balaban J connectivity index is 2.55. The number of sulfone groups is 1. The largest absolute Gasteiger partial charge is 0.294 e. The van der Waals surface area contributed by atoms with E-state index in [0.29, 0.717) is 18.4 Å². The van der Waals surface area contributed by atoms with Gasteiger partial charge in [-0.25, -0.2) is 8.42 Å². The molecule has 0 saturated heterocycles. The topological polar surface area (TPSA) is 51.2 Å². The minimum absolute atomic E-state index is 0.0226. The zero-order valence-electron chi connectivity index (χ0n) is 10.3. The Kier molecular flexibility index (Phi) is 4.87. The number of benzene rings is 1. The number of carbonyl (C=O) groups excluding carboxylic acids is 1. The number of rotatable bonds is 6. The minimum atomic E-state index is -2.96. The molecule has 1 rings (SSSR count). The van der Waals surface area contributed by atoms with Gasteiger partial charge >= 0.3 is 0 Å². The SMILES string of the molecule is CCS(=O)(=O)CCCC(=O)c1ccccc1C. The van der Waals surface area contributed by atoms with Gasteiger partial charge < -0.3 is 0 Å². The second kappa shape index (κ2) is 5.96. The molecule has 0 fully saturated rings. The van der Waals surface area contributed by atoms with E-state index in [-0.39, 0.29) is 17.3 Å². The van der Waals surface area contributed by atoms with Crippen LogP contribution in [0.15, 0.2) is 24.3 Å². The molecule has 1 aromatic carbocycles. The normalized spacial score (nSPS) is 11.4. The number of ketones is 1. The van der Waals surface area contributed by atoms with Crippen LogP contribution in [0.4, 0.5) is 0 Å². The third kappa shape index (κ3) is 4.30. The van der Waals surface area contributed by atoms with E-state index >= 15 is 0 Å². The molecular formula is C13H18O3S. The minimum Gasteiger partial charge on any atom is -0.294 e. The van der Waals surface area contributed by atoms with E-state index in [0.717, 1.165) is 5.56 Å². The van der Waals surface area contributed by atoms with Crippen LogP contribution in [-0.2, 0) is 9.84 Å². The summed E-state index contributed by atoms with van der Waals surface area (Å²) in [7, 11) is -2.96. The Labute approximate surface area is 103 Å². The highest BCUT2D eigenvalue weighted by Gasteiger charge is 2.11. The van der Waals surface area contributed by atoms with Crippen LogP contribution in [0.1, 0.15) is 35.7 Å². The lowest BCUT2D eigenvalue weighted by Crippen LogP contribution is -2.11. The highest BCUT2D eigenvalue weighted by molar-refractivity contribution is 7.91. The first-order valence-electron chi connectivity index (χ1n) is 5.75. The average Bonchev–Trinajstić information content (AvgIpc) is 2.29. The molecule has 0 aromatic heterocycles. The fraction of sp³-hybridized carbons (Fsp3) is 0.462. The van der Waals surface area contributed by atoms with Crippen molar-refractivity contribution in [3.05, 3.63) is 35.4 Å². The lowest BCUT2D eigenvalue weighted by molar-refractivity contribution is 0.0981. The number of hydrogen-bond donors (Lipinski definition) is 0. The first-order chi connectivity index (χ1) is 7.96. The van der Waals surface area contributed by atoms with Crippen LogP contribution >= 0.6 is 0 Å². The van der Waals surface area contributed by atoms with Gasteiger partial charge in [0.05, 0.1) is 5.75 Å². The summed E-state index contributed by atoms with van der Waals surface area (Å²) in [6.45, 7) is 3.51. The standard InChI is InChI=1S/C13H18O3S/c1-3-17(15,16)10-6-9-13(14)12-8-5-4-7-11(12)2/h4-5,7-8H,3,6,9-10H2,1-2H3. The molecule has 4 heteroatoms. The molecule has 0 heterocycles. The molecule has 0 radical (unpaired) electrons. The number of hydrogen-bond acceptors (Lipinski definition) is 3. The summed E-state index contributed by atoms with van der Waals surface area (Å²) in [6, 6.07) is 7.37. The summed E-state index contributed by atoms with van der Waals surface area (Å²) in [4.78, 5) is 11.8. The van der Waals surface area contributed by atoms with Crippen molar-refractivity contribution in [2.75, 3.05) is 11.5 Å². The summed E-state index contributed by atoms with van der Waals surface area (Å²) in [5, 5.41) is 0. The smallest absolute Gasteiger partial charge is 0.163 e. The van der Waals surface area contributed by atoms with Gasteiger partial charge in [-0.3, -0.25) is 4.79 Å². The summed E-state index contributed by atoms with van der Waals surface area (Å²) >= 11 is 0. The predicted molar refractivity (Wildman–Crippen MR) is 69.1 cm³/mol. The molecule has 0 aliphatic carbocycles. The highest BCUT2D eigenvalue weighted by Crippen LogP contribution is 2.11. The summed E-state index contributed by atoms with van der Waals surface area (Å²) < 4.78 is 22.5. The van der Waals surface area contributed by atoms with Gasteiger partial charge in [-0.1, -0.05) is 31.2 Å². The van der Waals surface area contributed by atoms with Crippen molar-refractivity contribution >= 4 is 15.6 Å². The molecule has 1 aromatic rings. The number of Topliss-reactive ketones (excluding diaryl/α,β-unsaturated/α-hetero) is 1. The Morgan fingerprint density at radius 2 is 1.88 bits per heavy atom. The maximum absolute atomic E-state index is 11.8. The van der Waals surface area contributed by atoms with E-state index in [2.05, 4.69) is 0 Å². The van der Waals surface area contributed by atoms with Crippen molar-refractivity contribution in [2.45, 2.75) is 26.7 Å². The van der Waals surface area contributed by atoms with Crippen LogP contribution in [0, 0.1) is 6.92 Å². The van der Waals surface area contributed by atoms with Gasteiger partial charge in [0, 0.05) is 17.7 Å². The van der Waals surface area contributed by atoms with Crippen LogP contribution in [0.25, 0.3) is 0 Å². The van der Waals surface area contributed by atoms with Gasteiger partial charge in [0.1, 0.15) is 9.84 Å². The third-order valence-electron chi connectivity index (χ3n) is 2.74. The summed E-state index contributed by atoms with van der Waals surface area (Å²) in [5.74, 6) is 0.265. The monoisotopic (exact) mass is 254 g/mol. The van der Waals surface area contributed by atoms with E-state index in [1.807, 2.05) is 25.1 Å². The molecule has 0 atom stereocenters. The first kappa shape index (κ1) is 13.9. The quantitative estimate of drug-likeness (QED) is 0.732. The van der Waals surface area contributed by atoms with Crippen molar-refractivity contribution in [3.63, 3.8) is 0 Å². The molecule has 0 spiro atoms. The van der Waals surface area contributed by atoms with Gasteiger partial charge in [0.2, 0.25) is 0 Å². The maximum atomic E-state index is 11.8. The summed E-state index contributed by atoms with van der Waals surface area (Å²) in [5.41, 5.74) is 1.64. The van der Waals surface area contributed by atoms with Gasteiger partial charge in [-0.05, 0) is 18.9 Å². The second-order valence-corrected chi connectivity index (χ2v) is 6.55. The number of carbonyl (C=O) groups is 1. The van der Waals surface area contributed by atoms with Crippen molar-refractivity contribution in [1.29, 1.82) is 0 Å². The van der Waals surface area contributed by atoms with Crippen molar-refractivity contribution < 1.29 is 13.2 Å². The Morgan fingerprint density at radius 1 is 1.24 bits per heavy atom. The van der Waals surface area contributed by atoms with E-state index < -0.39 is 9.84 Å². The molecule has 0 bridgehead atoms. The Bertz CT molecular complexity index is 489. The van der Waals surface area contributed by atoms with Crippen LogP contribution in [0.2, 0.25) is 0 Å². The lowest BCUT2D eigenvalue weighted by Gasteiger charge is -2.04. The number of aryl methyl sites for hydroxylation is 1. The van der Waals surface area contributed by atoms with E-state index in [9.17, 15) is 13.2 Å². The fourth-order valence-electron chi connectivity index (χ4n) is 1.62. The molecule has 0 N–H and O–H groups in total. The molecule has 0 unspecified atom stereocenters. The molecule has 17 heavy (non-hydrogen) atoms. The van der Waals surface area contributed by atoms with Crippen molar-refractivity contribution in [3.8, 4) is 0 Å². The molecule has 3 nitrogen and oxygen atoms in total. The third-order valence-corrected chi connectivity index (χ3v) is 4.53. The lowest BCUT2D eigenvalue weighted by atomic mass is 10.0. The van der Waals surface area contributed by atoms with Crippen molar-refractivity contribution in [2.24, 2.45) is 0 Å². The van der Waals surface area contributed by atoms with E-state index in [1.54, 1.807) is 13.0 Å². The zero-order valence-corrected chi connectivity index (χ0v) is 11.1. The van der Waals surface area contributed by atoms with Crippen LogP contribution < -0.4 is 0 Å². The molecule has 0 saturated carbocycles. The molecule has 94 valence electrons. The van der Waals surface area contributed by atoms with Gasteiger partial charge in [-0.2, -0.15) is 0 Å². The van der Waals surface area contributed by atoms with Crippen LogP contribution in [0.3, 0.4) is 0 Å². The molecule has 0 aliphatic rings. The van der Waals surface area contributed by atoms with E-state index in [1.165, 1.54) is 0 Å². The predicted octanol–water partition coefficient (Wildman–Crippen LogP) is 2.39. The van der Waals surface area contributed by atoms with E-state index in [4.69, 9.17) is 0 Å². The highest BCUT2D eigenvalue weighted by atomic mass is 32.2. The maximum Gasteiger partial charge on any atom is 0.163 e. The van der Waals surface area contributed by atoms with Crippen LogP contribution in [-0.4, -0.2) is 25.7 Å². The van der Waals surface area contributed by atoms with Crippen molar-refractivity contribution in [1.82, 2.24) is 0 Å². The summed E-state index contributed by atoms with van der Waals surface area (Å²) in [6.07, 6.45) is 0.702. The zero-order chi connectivity index (χ0) is 12.9. The second-order valence-electron chi connectivity index (χ2n) is 4.08. The fourth-order valence-corrected chi connectivity index (χ4v) is 2.49. The average molecular weight is 254 g/mol. The first-order valence-corrected chi connectivity index (χ1v) is 7.57. The van der Waals surface area contributed by atoms with Gasteiger partial charge in [-0.15, -0.1) is 0 Å². The van der Waals surface area contributed by atoms with Crippen LogP contribution in [0.5, 0.6) is 0 Å². The molecule has 0 aliphatic heterocycles. The Hall–Kier alpha value is -1.16. The molecular weight excluding hydrogens is 236 g/mol.